The van der Waals surface area contributed by atoms with Crippen molar-refractivity contribution in [3.63, 3.8) is 0 Å². The summed E-state index contributed by atoms with van der Waals surface area (Å²) in [6.07, 6.45) is 16.3. The molecule has 16 heavy (non-hydrogen) atoms. The van der Waals surface area contributed by atoms with Gasteiger partial charge in [0, 0.05) is 0 Å². The summed E-state index contributed by atoms with van der Waals surface area (Å²) in [7, 11) is 0. The second-order valence-electron chi connectivity index (χ2n) is 6.81. The molecule has 0 aromatic carbocycles. The zero-order valence-electron chi connectivity index (χ0n) is 11.4. The lowest BCUT2D eigenvalue weighted by Gasteiger charge is -2.46. The summed E-state index contributed by atoms with van der Waals surface area (Å²) in [5, 5.41) is 0. The lowest BCUT2D eigenvalue weighted by atomic mass is 9.58. The molecule has 0 spiro atoms. The molecular weight excluding hydrogens is 192 g/mol. The zero-order chi connectivity index (χ0) is 11.6. The van der Waals surface area contributed by atoms with Crippen LogP contribution in [0.3, 0.4) is 0 Å². The van der Waals surface area contributed by atoms with Gasteiger partial charge < -0.3 is 0 Å². The van der Waals surface area contributed by atoms with Crippen LogP contribution in [0, 0.1) is 16.7 Å². The van der Waals surface area contributed by atoms with Crippen molar-refractivity contribution in [1.29, 1.82) is 0 Å². The Morgan fingerprint density at radius 1 is 1.00 bits per heavy atom. The van der Waals surface area contributed by atoms with E-state index in [1.807, 2.05) is 0 Å². The molecule has 0 nitrogen and oxygen atoms in total. The maximum absolute atomic E-state index is 2.56. The van der Waals surface area contributed by atoms with E-state index >= 15 is 0 Å². The monoisotopic (exact) mass is 220 g/mol. The van der Waals surface area contributed by atoms with Gasteiger partial charge in [-0.15, -0.1) is 0 Å². The van der Waals surface area contributed by atoms with Crippen molar-refractivity contribution in [1.82, 2.24) is 0 Å². The third-order valence-corrected chi connectivity index (χ3v) is 5.55. The Balaban J connectivity index is 2.16. The molecule has 0 radical (unpaired) electrons. The summed E-state index contributed by atoms with van der Waals surface area (Å²) >= 11 is 0. The summed E-state index contributed by atoms with van der Waals surface area (Å²) in [6.45, 7) is 7.50. The average molecular weight is 220 g/mol. The molecular formula is C16H28. The molecule has 0 amide bonds. The van der Waals surface area contributed by atoms with Crippen LogP contribution in [0.15, 0.2) is 12.2 Å². The number of rotatable bonds is 1. The molecule has 3 unspecified atom stereocenters. The Labute approximate surface area is 102 Å². The second-order valence-corrected chi connectivity index (χ2v) is 6.81. The average Bonchev–Trinajstić information content (AvgIpc) is 2.43. The van der Waals surface area contributed by atoms with Crippen LogP contribution in [-0.2, 0) is 0 Å². The van der Waals surface area contributed by atoms with E-state index in [0.29, 0.717) is 10.8 Å². The van der Waals surface area contributed by atoms with Gasteiger partial charge in [0.25, 0.3) is 0 Å². The third-order valence-electron chi connectivity index (χ3n) is 5.55. The van der Waals surface area contributed by atoms with Crippen LogP contribution in [0.4, 0.5) is 0 Å². The smallest absolute Gasteiger partial charge is 0.00926 e. The van der Waals surface area contributed by atoms with Crippen molar-refractivity contribution in [2.24, 2.45) is 16.7 Å². The largest absolute Gasteiger partial charge is 0.0880 e. The van der Waals surface area contributed by atoms with Crippen molar-refractivity contribution < 1.29 is 0 Å². The molecule has 0 aromatic heterocycles. The van der Waals surface area contributed by atoms with Crippen LogP contribution in [0.5, 0.6) is 0 Å². The Morgan fingerprint density at radius 2 is 1.81 bits per heavy atom. The molecule has 2 rings (SSSR count). The topological polar surface area (TPSA) is 0 Å². The van der Waals surface area contributed by atoms with Crippen LogP contribution < -0.4 is 0 Å². The molecule has 0 aromatic rings. The van der Waals surface area contributed by atoms with Gasteiger partial charge in [0.2, 0.25) is 0 Å². The highest BCUT2D eigenvalue weighted by molar-refractivity contribution is 5.09. The first-order valence-corrected chi connectivity index (χ1v) is 7.23. The van der Waals surface area contributed by atoms with Gasteiger partial charge in [0.15, 0.2) is 0 Å². The molecule has 2 aliphatic rings. The fourth-order valence-electron chi connectivity index (χ4n) is 3.76. The zero-order valence-corrected chi connectivity index (χ0v) is 11.4. The lowest BCUT2D eigenvalue weighted by molar-refractivity contribution is 0.0812. The van der Waals surface area contributed by atoms with Gasteiger partial charge in [-0.2, -0.15) is 0 Å². The van der Waals surface area contributed by atoms with E-state index in [1.54, 1.807) is 0 Å². The number of hydrogen-bond donors (Lipinski definition) is 0. The first-order valence-electron chi connectivity index (χ1n) is 7.23. The lowest BCUT2D eigenvalue weighted by Crippen LogP contribution is -2.37. The highest BCUT2D eigenvalue weighted by Crippen LogP contribution is 2.53. The summed E-state index contributed by atoms with van der Waals surface area (Å²) in [5.74, 6) is 0.956. The second kappa shape index (κ2) is 4.55. The van der Waals surface area contributed by atoms with E-state index in [2.05, 4.69) is 32.9 Å². The van der Waals surface area contributed by atoms with E-state index in [1.165, 1.54) is 51.4 Å². The molecule has 0 heterocycles. The van der Waals surface area contributed by atoms with Gasteiger partial charge in [-0.05, 0) is 48.9 Å². The van der Waals surface area contributed by atoms with Gasteiger partial charge in [0.1, 0.15) is 0 Å². The van der Waals surface area contributed by atoms with Gasteiger partial charge in [0.05, 0.1) is 0 Å². The van der Waals surface area contributed by atoms with Gasteiger partial charge in [-0.3, -0.25) is 0 Å². The van der Waals surface area contributed by atoms with Crippen molar-refractivity contribution >= 4 is 0 Å². The fraction of sp³-hybridized carbons (Fsp3) is 0.875. The van der Waals surface area contributed by atoms with Crippen molar-refractivity contribution in [2.45, 2.75) is 72.1 Å². The highest BCUT2D eigenvalue weighted by atomic mass is 14.5. The Bertz CT molecular complexity index is 265. The minimum atomic E-state index is 0.481. The Kier molecular flexibility index (Phi) is 3.47. The molecule has 1 fully saturated rings. The minimum absolute atomic E-state index is 0.481. The number of hydrogen-bond acceptors (Lipinski definition) is 0. The van der Waals surface area contributed by atoms with E-state index in [0.717, 1.165) is 5.92 Å². The molecule has 2 aliphatic carbocycles. The predicted molar refractivity (Wildman–Crippen MR) is 71.5 cm³/mol. The van der Waals surface area contributed by atoms with Crippen LogP contribution in [0.1, 0.15) is 72.1 Å². The van der Waals surface area contributed by atoms with E-state index < -0.39 is 0 Å². The summed E-state index contributed by atoms with van der Waals surface area (Å²) in [4.78, 5) is 0. The minimum Gasteiger partial charge on any atom is -0.0880 e. The fourth-order valence-corrected chi connectivity index (χ4v) is 3.76. The number of allylic oxidation sites excluding steroid dienone is 2. The first kappa shape index (κ1) is 12.2. The van der Waals surface area contributed by atoms with Crippen molar-refractivity contribution in [2.75, 3.05) is 0 Å². The maximum atomic E-state index is 2.56. The van der Waals surface area contributed by atoms with E-state index in [-0.39, 0.29) is 0 Å². The predicted octanol–water partition coefficient (Wildman–Crippen LogP) is 5.34. The molecule has 0 N–H and O–H groups in total. The normalized spacial score (nSPS) is 45.3. The Hall–Kier alpha value is -0.260. The molecule has 0 aliphatic heterocycles. The summed E-state index contributed by atoms with van der Waals surface area (Å²) in [5.41, 5.74) is 1.05. The summed E-state index contributed by atoms with van der Waals surface area (Å²) < 4.78 is 0. The molecule has 0 bridgehead atoms. The maximum Gasteiger partial charge on any atom is -0.00926 e. The van der Waals surface area contributed by atoms with Gasteiger partial charge in [-0.1, -0.05) is 52.2 Å². The van der Waals surface area contributed by atoms with Crippen molar-refractivity contribution in [3.8, 4) is 0 Å². The van der Waals surface area contributed by atoms with E-state index in [4.69, 9.17) is 0 Å². The van der Waals surface area contributed by atoms with Crippen LogP contribution >= 0.6 is 0 Å². The molecule has 1 saturated carbocycles. The van der Waals surface area contributed by atoms with Crippen LogP contribution in [0.25, 0.3) is 0 Å². The summed E-state index contributed by atoms with van der Waals surface area (Å²) in [6, 6.07) is 0. The standard InChI is InChI=1S/C16H28/c1-14-8-7-12-16(3,13-9-14)15(2)10-5-4-6-11-15/h5,10,14H,4,6-9,11-13H2,1-3H3. The molecule has 0 heteroatoms. The SMILES string of the molecule is CC1CCCC(C)(C2(C)C=CCCC2)CC1. The van der Waals surface area contributed by atoms with Crippen LogP contribution in [-0.4, -0.2) is 0 Å². The van der Waals surface area contributed by atoms with E-state index in [9.17, 15) is 0 Å². The Morgan fingerprint density at radius 3 is 2.50 bits per heavy atom. The molecule has 3 atom stereocenters. The molecule has 0 saturated heterocycles. The van der Waals surface area contributed by atoms with Crippen molar-refractivity contribution in [3.05, 3.63) is 12.2 Å². The van der Waals surface area contributed by atoms with Crippen LogP contribution in [0.2, 0.25) is 0 Å². The third kappa shape index (κ3) is 2.21. The quantitative estimate of drug-likeness (QED) is 0.413. The molecule has 92 valence electrons. The van der Waals surface area contributed by atoms with Gasteiger partial charge in [-0.25, -0.2) is 0 Å². The van der Waals surface area contributed by atoms with Gasteiger partial charge >= 0.3 is 0 Å². The highest BCUT2D eigenvalue weighted by Gasteiger charge is 2.43. The first-order chi connectivity index (χ1) is 7.56.